The Kier molecular flexibility index (Phi) is 2.26. The average molecular weight is 221 g/mol. The molecule has 1 aromatic heterocycles. The van der Waals surface area contributed by atoms with E-state index < -0.39 is 0 Å². The molecular formula is C12H13ClN2. The maximum Gasteiger partial charge on any atom is 0.0595 e. The van der Waals surface area contributed by atoms with Gasteiger partial charge in [0.1, 0.15) is 0 Å². The fourth-order valence-corrected chi connectivity index (χ4v) is 2.54. The smallest absolute Gasteiger partial charge is 0.0595 e. The SMILES string of the molecule is Clc1cncc(C2=C[C@@H]3NC[C@@H]3CC2)c1. The van der Waals surface area contributed by atoms with E-state index in [2.05, 4.69) is 16.4 Å². The second-order valence-corrected chi connectivity index (χ2v) is 4.75. The zero-order chi connectivity index (χ0) is 10.3. The number of pyridine rings is 1. The van der Waals surface area contributed by atoms with Gasteiger partial charge in [-0.1, -0.05) is 17.7 Å². The summed E-state index contributed by atoms with van der Waals surface area (Å²) < 4.78 is 0. The fraction of sp³-hybridized carbons (Fsp3) is 0.417. The lowest BCUT2D eigenvalue weighted by molar-refractivity contribution is 0.256. The molecule has 2 aliphatic rings. The van der Waals surface area contributed by atoms with E-state index in [4.69, 9.17) is 11.6 Å². The van der Waals surface area contributed by atoms with E-state index in [1.807, 2.05) is 12.3 Å². The molecule has 1 aliphatic heterocycles. The second-order valence-electron chi connectivity index (χ2n) is 4.32. The molecule has 1 N–H and O–H groups in total. The number of fused-ring (bicyclic) bond motifs is 1. The summed E-state index contributed by atoms with van der Waals surface area (Å²) in [6.07, 6.45) is 8.36. The first-order valence-corrected chi connectivity index (χ1v) is 5.76. The molecular weight excluding hydrogens is 208 g/mol. The first kappa shape index (κ1) is 9.37. The van der Waals surface area contributed by atoms with E-state index >= 15 is 0 Å². The number of allylic oxidation sites excluding steroid dienone is 1. The molecule has 3 heteroatoms. The summed E-state index contributed by atoms with van der Waals surface area (Å²) in [6.45, 7) is 1.18. The van der Waals surface area contributed by atoms with Crippen LogP contribution in [-0.2, 0) is 0 Å². The van der Waals surface area contributed by atoms with Crippen LogP contribution in [0.2, 0.25) is 5.02 Å². The topological polar surface area (TPSA) is 24.9 Å². The van der Waals surface area contributed by atoms with Crippen molar-refractivity contribution in [2.24, 2.45) is 5.92 Å². The van der Waals surface area contributed by atoms with Gasteiger partial charge in [0.15, 0.2) is 0 Å². The highest BCUT2D eigenvalue weighted by Gasteiger charge is 2.31. The molecule has 2 nitrogen and oxygen atoms in total. The lowest BCUT2D eigenvalue weighted by atomic mass is 9.79. The van der Waals surface area contributed by atoms with Gasteiger partial charge >= 0.3 is 0 Å². The minimum Gasteiger partial charge on any atom is -0.310 e. The van der Waals surface area contributed by atoms with Crippen LogP contribution in [0.15, 0.2) is 24.5 Å². The Morgan fingerprint density at radius 3 is 3.00 bits per heavy atom. The van der Waals surface area contributed by atoms with Crippen molar-refractivity contribution in [3.05, 3.63) is 35.1 Å². The number of hydrogen-bond donors (Lipinski definition) is 1. The predicted octanol–water partition coefficient (Wildman–Crippen LogP) is 2.50. The monoisotopic (exact) mass is 220 g/mol. The Morgan fingerprint density at radius 2 is 2.33 bits per heavy atom. The van der Waals surface area contributed by atoms with Crippen molar-refractivity contribution < 1.29 is 0 Å². The molecule has 3 rings (SSSR count). The van der Waals surface area contributed by atoms with Crippen molar-refractivity contribution in [3.8, 4) is 0 Å². The highest BCUT2D eigenvalue weighted by molar-refractivity contribution is 6.30. The number of hydrogen-bond acceptors (Lipinski definition) is 2. The molecule has 2 heterocycles. The van der Waals surface area contributed by atoms with Gasteiger partial charge in [0, 0.05) is 25.0 Å². The van der Waals surface area contributed by atoms with Gasteiger partial charge < -0.3 is 5.32 Å². The van der Waals surface area contributed by atoms with Crippen LogP contribution in [0.5, 0.6) is 0 Å². The molecule has 0 aromatic carbocycles. The molecule has 2 atom stereocenters. The van der Waals surface area contributed by atoms with Gasteiger partial charge in [0.25, 0.3) is 0 Å². The summed E-state index contributed by atoms with van der Waals surface area (Å²) >= 11 is 5.94. The van der Waals surface area contributed by atoms with Crippen LogP contribution in [0, 0.1) is 5.92 Å². The Morgan fingerprint density at radius 1 is 1.40 bits per heavy atom. The van der Waals surface area contributed by atoms with E-state index in [0.29, 0.717) is 6.04 Å². The standard InChI is InChI=1S/C12H13ClN2/c13-11-3-10(5-14-7-11)8-1-2-9-6-15-12(9)4-8/h3-5,7,9,12,15H,1-2,6H2/t9-,12-/m0/s1. The lowest BCUT2D eigenvalue weighted by Crippen LogP contribution is -2.52. The molecule has 1 aromatic rings. The predicted molar refractivity (Wildman–Crippen MR) is 61.7 cm³/mol. The zero-order valence-corrected chi connectivity index (χ0v) is 9.17. The van der Waals surface area contributed by atoms with E-state index in [-0.39, 0.29) is 0 Å². The van der Waals surface area contributed by atoms with Gasteiger partial charge in [-0.15, -0.1) is 0 Å². The third kappa shape index (κ3) is 1.68. The van der Waals surface area contributed by atoms with Gasteiger partial charge in [-0.3, -0.25) is 4.98 Å². The van der Waals surface area contributed by atoms with E-state index in [1.54, 1.807) is 6.20 Å². The van der Waals surface area contributed by atoms with Gasteiger partial charge in [-0.05, 0) is 36.0 Å². The average Bonchev–Trinajstić information content (AvgIpc) is 2.20. The van der Waals surface area contributed by atoms with E-state index in [0.717, 1.165) is 17.4 Å². The Balaban J connectivity index is 1.91. The molecule has 78 valence electrons. The number of nitrogens with zero attached hydrogens (tertiary/aromatic N) is 1. The maximum atomic E-state index is 5.94. The molecule has 0 spiro atoms. The largest absolute Gasteiger partial charge is 0.310 e. The molecule has 1 saturated heterocycles. The van der Waals surface area contributed by atoms with Crippen LogP contribution in [0.3, 0.4) is 0 Å². The Bertz CT molecular complexity index is 414. The highest BCUT2D eigenvalue weighted by Crippen LogP contribution is 2.34. The molecule has 0 saturated carbocycles. The van der Waals surface area contributed by atoms with Crippen LogP contribution >= 0.6 is 11.6 Å². The van der Waals surface area contributed by atoms with Crippen molar-refractivity contribution in [2.75, 3.05) is 6.54 Å². The summed E-state index contributed by atoms with van der Waals surface area (Å²) in [4.78, 5) is 4.13. The van der Waals surface area contributed by atoms with Gasteiger partial charge in [-0.25, -0.2) is 0 Å². The number of halogens is 1. The molecule has 0 amide bonds. The van der Waals surface area contributed by atoms with Crippen molar-refractivity contribution in [1.82, 2.24) is 10.3 Å². The summed E-state index contributed by atoms with van der Waals surface area (Å²) in [7, 11) is 0. The summed E-state index contributed by atoms with van der Waals surface area (Å²) in [5.74, 6) is 0.862. The first-order chi connectivity index (χ1) is 7.33. The molecule has 0 unspecified atom stereocenters. The van der Waals surface area contributed by atoms with Crippen molar-refractivity contribution >= 4 is 17.2 Å². The molecule has 1 fully saturated rings. The van der Waals surface area contributed by atoms with Crippen molar-refractivity contribution in [2.45, 2.75) is 18.9 Å². The minimum atomic E-state index is 0.590. The van der Waals surface area contributed by atoms with Gasteiger partial charge in [0.2, 0.25) is 0 Å². The van der Waals surface area contributed by atoms with Crippen molar-refractivity contribution in [1.29, 1.82) is 0 Å². The lowest BCUT2D eigenvalue weighted by Gasteiger charge is -2.40. The third-order valence-corrected chi connectivity index (χ3v) is 3.57. The van der Waals surface area contributed by atoms with Crippen LogP contribution in [0.4, 0.5) is 0 Å². The van der Waals surface area contributed by atoms with Gasteiger partial charge in [-0.2, -0.15) is 0 Å². The molecule has 1 aliphatic carbocycles. The first-order valence-electron chi connectivity index (χ1n) is 5.38. The molecule has 0 radical (unpaired) electrons. The summed E-state index contributed by atoms with van der Waals surface area (Å²) in [5.41, 5.74) is 2.56. The van der Waals surface area contributed by atoms with Crippen LogP contribution in [0.25, 0.3) is 5.57 Å². The summed E-state index contributed by atoms with van der Waals surface area (Å²) in [5, 5.41) is 4.15. The van der Waals surface area contributed by atoms with E-state index in [9.17, 15) is 0 Å². The van der Waals surface area contributed by atoms with Crippen LogP contribution in [0.1, 0.15) is 18.4 Å². The Labute approximate surface area is 94.4 Å². The fourth-order valence-electron chi connectivity index (χ4n) is 2.37. The summed E-state index contributed by atoms with van der Waals surface area (Å²) in [6, 6.07) is 2.59. The molecule has 0 bridgehead atoms. The minimum absolute atomic E-state index is 0.590. The normalized spacial score (nSPS) is 29.0. The van der Waals surface area contributed by atoms with Crippen LogP contribution < -0.4 is 5.32 Å². The maximum absolute atomic E-state index is 5.94. The van der Waals surface area contributed by atoms with Gasteiger partial charge in [0.05, 0.1) is 5.02 Å². The zero-order valence-electron chi connectivity index (χ0n) is 8.41. The quantitative estimate of drug-likeness (QED) is 0.787. The van der Waals surface area contributed by atoms with Crippen molar-refractivity contribution in [3.63, 3.8) is 0 Å². The highest BCUT2D eigenvalue weighted by atomic mass is 35.5. The van der Waals surface area contributed by atoms with E-state index in [1.165, 1.54) is 24.1 Å². The third-order valence-electron chi connectivity index (χ3n) is 3.36. The number of aromatic nitrogens is 1. The number of nitrogens with one attached hydrogen (secondary N) is 1. The molecule has 15 heavy (non-hydrogen) atoms. The number of rotatable bonds is 1. The Hall–Kier alpha value is -0.860. The van der Waals surface area contributed by atoms with Crippen LogP contribution in [-0.4, -0.2) is 17.6 Å². The second kappa shape index (κ2) is 3.62.